The molecule has 0 bridgehead atoms. The van der Waals surface area contributed by atoms with Gasteiger partial charge < -0.3 is 15.5 Å². The van der Waals surface area contributed by atoms with Gasteiger partial charge in [0.15, 0.2) is 0 Å². The minimum absolute atomic E-state index is 0.436. The van der Waals surface area contributed by atoms with Crippen LogP contribution >= 0.6 is 12.2 Å². The molecule has 0 amide bonds. The van der Waals surface area contributed by atoms with Gasteiger partial charge in [-0.1, -0.05) is 55.7 Å². The fraction of sp³-hybridized carbons (Fsp3) is 0.0556. The third-order valence-electron chi connectivity index (χ3n) is 3.06. The summed E-state index contributed by atoms with van der Waals surface area (Å²) < 4.78 is 6.57. The van der Waals surface area contributed by atoms with E-state index in [1.807, 2.05) is 43.3 Å². The van der Waals surface area contributed by atoms with Crippen LogP contribution in [0.3, 0.4) is 0 Å². The van der Waals surface area contributed by atoms with E-state index in [0.717, 1.165) is 16.1 Å². The molecule has 3 nitrogen and oxygen atoms in total. The topological polar surface area (TPSA) is 51.0 Å². The number of hydrogen-bond acceptors (Lipinski definition) is 3. The average molecular weight is 310 g/mol. The summed E-state index contributed by atoms with van der Waals surface area (Å²) in [6, 6.07) is 9.47. The molecular weight excluding hydrogens is 292 g/mol. The number of nitrogens with two attached hydrogens (primary N) is 1. The Bertz CT molecular complexity index is 880. The summed E-state index contributed by atoms with van der Waals surface area (Å²) in [5.74, 6) is 1.24. The Morgan fingerprint density at radius 1 is 1.32 bits per heavy atom. The number of rotatable bonds is 4. The molecule has 0 aliphatic carbocycles. The van der Waals surface area contributed by atoms with Gasteiger partial charge in [-0.25, -0.2) is 0 Å². The van der Waals surface area contributed by atoms with Crippen LogP contribution in [0.15, 0.2) is 49.2 Å². The van der Waals surface area contributed by atoms with Gasteiger partial charge in [0, 0.05) is 10.9 Å². The molecule has 1 aromatic heterocycles. The zero-order chi connectivity index (χ0) is 16.1. The van der Waals surface area contributed by atoms with Crippen molar-refractivity contribution < 1.29 is 4.74 Å². The van der Waals surface area contributed by atoms with Crippen molar-refractivity contribution in [3.05, 3.63) is 69.8 Å². The lowest BCUT2D eigenvalue weighted by molar-refractivity contribution is 0.459. The number of para-hydroxylation sites is 1. The third kappa shape index (κ3) is 3.35. The van der Waals surface area contributed by atoms with Crippen molar-refractivity contribution in [1.29, 1.82) is 0 Å². The summed E-state index contributed by atoms with van der Waals surface area (Å²) in [5.41, 5.74) is 6.87. The SMILES string of the molecule is C=Cc1c(Oc2ccccc2)[nH]c(=C/C(=C)N)/c(=C\C)c1=S. The lowest BCUT2D eigenvalue weighted by atomic mass is 10.2. The molecule has 0 saturated heterocycles. The van der Waals surface area contributed by atoms with E-state index in [9.17, 15) is 0 Å². The maximum absolute atomic E-state index is 5.91. The fourth-order valence-corrected chi connectivity index (χ4v) is 2.49. The van der Waals surface area contributed by atoms with Gasteiger partial charge in [0.1, 0.15) is 5.75 Å². The predicted molar refractivity (Wildman–Crippen MR) is 95.4 cm³/mol. The minimum Gasteiger partial charge on any atom is -0.440 e. The molecule has 2 rings (SSSR count). The molecule has 0 unspecified atom stereocenters. The smallest absolute Gasteiger partial charge is 0.206 e. The zero-order valence-electron chi connectivity index (χ0n) is 12.4. The molecule has 0 atom stereocenters. The van der Waals surface area contributed by atoms with Crippen LogP contribution in [0.5, 0.6) is 11.6 Å². The van der Waals surface area contributed by atoms with Crippen LogP contribution in [-0.4, -0.2) is 4.98 Å². The molecule has 4 heteroatoms. The summed E-state index contributed by atoms with van der Waals surface area (Å²) in [7, 11) is 0. The van der Waals surface area contributed by atoms with Crippen LogP contribution in [-0.2, 0) is 0 Å². The number of aromatic nitrogens is 1. The quantitative estimate of drug-likeness (QED) is 0.853. The Morgan fingerprint density at radius 2 is 2.00 bits per heavy atom. The highest BCUT2D eigenvalue weighted by Crippen LogP contribution is 2.22. The van der Waals surface area contributed by atoms with Crippen molar-refractivity contribution in [3.63, 3.8) is 0 Å². The number of aromatic amines is 1. The summed E-state index contributed by atoms with van der Waals surface area (Å²) in [6.07, 6.45) is 5.34. The van der Waals surface area contributed by atoms with Crippen molar-refractivity contribution in [2.24, 2.45) is 5.73 Å². The standard InChI is InChI=1S/C18H18N2OS/c1-4-14-16(11-12(3)19)20-18(15(5-2)17(14)22)21-13-9-7-6-8-10-13/h4-11,20H,2-3,19H2,1H3/b14-4+,16-11+. The molecule has 112 valence electrons. The zero-order valence-corrected chi connectivity index (χ0v) is 13.2. The monoisotopic (exact) mass is 310 g/mol. The number of H-pyrrole nitrogens is 1. The lowest BCUT2D eigenvalue weighted by Gasteiger charge is -2.10. The van der Waals surface area contributed by atoms with Crippen LogP contribution in [0.1, 0.15) is 12.5 Å². The second kappa shape index (κ2) is 6.91. The second-order valence-electron chi connectivity index (χ2n) is 4.65. The normalized spacial score (nSPS) is 12.2. The van der Waals surface area contributed by atoms with E-state index in [2.05, 4.69) is 18.1 Å². The molecule has 0 radical (unpaired) electrons. The summed E-state index contributed by atoms with van der Waals surface area (Å²) in [4.78, 5) is 3.22. The summed E-state index contributed by atoms with van der Waals surface area (Å²) in [5, 5.41) is 1.63. The average Bonchev–Trinajstić information content (AvgIpc) is 2.48. The van der Waals surface area contributed by atoms with Gasteiger partial charge in [-0.2, -0.15) is 0 Å². The molecule has 1 aromatic carbocycles. The van der Waals surface area contributed by atoms with E-state index in [-0.39, 0.29) is 0 Å². The van der Waals surface area contributed by atoms with E-state index in [4.69, 9.17) is 22.7 Å². The van der Waals surface area contributed by atoms with E-state index in [1.165, 1.54) is 0 Å². The Balaban J connectivity index is 2.74. The van der Waals surface area contributed by atoms with Crippen molar-refractivity contribution >= 4 is 30.4 Å². The van der Waals surface area contributed by atoms with Crippen molar-refractivity contribution in [2.45, 2.75) is 6.92 Å². The van der Waals surface area contributed by atoms with E-state index < -0.39 is 0 Å². The number of benzene rings is 1. The first-order valence-corrected chi connectivity index (χ1v) is 7.21. The number of nitrogens with one attached hydrogen (secondary N) is 1. The molecule has 1 heterocycles. The fourth-order valence-electron chi connectivity index (χ4n) is 2.09. The largest absolute Gasteiger partial charge is 0.440 e. The van der Waals surface area contributed by atoms with Gasteiger partial charge in [0.2, 0.25) is 5.88 Å². The summed E-state index contributed by atoms with van der Waals surface area (Å²) >= 11 is 5.54. The van der Waals surface area contributed by atoms with E-state index in [0.29, 0.717) is 21.8 Å². The molecule has 0 spiro atoms. The second-order valence-corrected chi connectivity index (χ2v) is 5.06. The Hall–Kier alpha value is -2.59. The highest BCUT2D eigenvalue weighted by molar-refractivity contribution is 7.71. The maximum Gasteiger partial charge on any atom is 0.206 e. The predicted octanol–water partition coefficient (Wildman–Crippen LogP) is 3.23. The molecular formula is C18H18N2OS. The van der Waals surface area contributed by atoms with Crippen molar-refractivity contribution in [3.8, 4) is 11.6 Å². The molecule has 0 aliphatic rings. The first-order valence-electron chi connectivity index (χ1n) is 6.81. The minimum atomic E-state index is 0.436. The van der Waals surface area contributed by atoms with Crippen LogP contribution < -0.4 is 21.0 Å². The van der Waals surface area contributed by atoms with Gasteiger partial charge in [-0.15, -0.1) is 0 Å². The van der Waals surface area contributed by atoms with Gasteiger partial charge in [-0.3, -0.25) is 0 Å². The molecule has 3 N–H and O–H groups in total. The van der Waals surface area contributed by atoms with Crippen molar-refractivity contribution in [1.82, 2.24) is 4.98 Å². The van der Waals surface area contributed by atoms with Crippen LogP contribution in [0.4, 0.5) is 0 Å². The van der Waals surface area contributed by atoms with Gasteiger partial charge in [-0.05, 0) is 25.1 Å². The van der Waals surface area contributed by atoms with Gasteiger partial charge >= 0.3 is 0 Å². The Labute approximate surface area is 134 Å². The van der Waals surface area contributed by atoms with Gasteiger partial charge in [0.05, 0.1) is 15.4 Å². The Kier molecular flexibility index (Phi) is 4.96. The van der Waals surface area contributed by atoms with Crippen LogP contribution in [0.25, 0.3) is 18.2 Å². The van der Waals surface area contributed by atoms with E-state index >= 15 is 0 Å². The number of hydrogen-bond donors (Lipinski definition) is 2. The molecule has 22 heavy (non-hydrogen) atoms. The molecule has 0 saturated carbocycles. The highest BCUT2D eigenvalue weighted by Gasteiger charge is 2.07. The number of ether oxygens (including phenoxy) is 1. The first kappa shape index (κ1) is 15.8. The molecule has 2 aromatic rings. The maximum atomic E-state index is 5.91. The third-order valence-corrected chi connectivity index (χ3v) is 3.50. The number of allylic oxidation sites excluding steroid dienone is 1. The van der Waals surface area contributed by atoms with E-state index in [1.54, 1.807) is 12.2 Å². The molecule has 0 aliphatic heterocycles. The highest BCUT2D eigenvalue weighted by atomic mass is 32.1. The van der Waals surface area contributed by atoms with Gasteiger partial charge in [0.25, 0.3) is 0 Å². The molecule has 0 fully saturated rings. The van der Waals surface area contributed by atoms with Crippen molar-refractivity contribution in [2.75, 3.05) is 0 Å². The lowest BCUT2D eigenvalue weighted by Crippen LogP contribution is -2.31. The Morgan fingerprint density at radius 3 is 2.55 bits per heavy atom. The first-order chi connectivity index (χ1) is 10.6. The van der Waals surface area contributed by atoms with Crippen LogP contribution in [0, 0.1) is 4.51 Å². The van der Waals surface area contributed by atoms with Crippen LogP contribution in [0.2, 0.25) is 0 Å². The number of pyridine rings is 1. The summed E-state index contributed by atoms with van der Waals surface area (Å²) in [6.45, 7) is 9.45.